The van der Waals surface area contributed by atoms with Crippen LogP contribution in [0.15, 0.2) is 53.0 Å². The highest BCUT2D eigenvalue weighted by Gasteiger charge is 2.10. The Balaban J connectivity index is 2.11. The van der Waals surface area contributed by atoms with Crippen LogP contribution in [0.5, 0.6) is 0 Å². The van der Waals surface area contributed by atoms with Crippen LogP contribution in [-0.4, -0.2) is 17.9 Å². The zero-order chi connectivity index (χ0) is 16.1. The monoisotopic (exact) mass is 360 g/mol. The van der Waals surface area contributed by atoms with Crippen LogP contribution < -0.4 is 10.6 Å². The van der Waals surface area contributed by atoms with Crippen LogP contribution in [0.4, 0.5) is 5.69 Å². The summed E-state index contributed by atoms with van der Waals surface area (Å²) in [4.78, 5) is 24.1. The van der Waals surface area contributed by atoms with E-state index in [0.29, 0.717) is 16.8 Å². The van der Waals surface area contributed by atoms with E-state index in [9.17, 15) is 9.59 Å². The summed E-state index contributed by atoms with van der Waals surface area (Å²) < 4.78 is 0.913. The summed E-state index contributed by atoms with van der Waals surface area (Å²) in [7, 11) is 0. The van der Waals surface area contributed by atoms with Crippen LogP contribution in [0.25, 0.3) is 0 Å². The Hall–Kier alpha value is -2.14. The summed E-state index contributed by atoms with van der Waals surface area (Å²) >= 11 is 3.33. The first-order valence-corrected chi connectivity index (χ1v) is 7.73. The minimum absolute atomic E-state index is 0.0634. The van der Waals surface area contributed by atoms with Gasteiger partial charge in [-0.05, 0) is 56.3 Å². The summed E-state index contributed by atoms with van der Waals surface area (Å²) in [5.41, 5.74) is 1.66. The molecule has 0 atom stereocenters. The molecule has 0 bridgehead atoms. The molecule has 0 heterocycles. The Kier molecular flexibility index (Phi) is 5.33. The fourth-order valence-electron chi connectivity index (χ4n) is 1.89. The summed E-state index contributed by atoms with van der Waals surface area (Å²) in [6, 6.07) is 14.0. The number of nitrogens with one attached hydrogen (secondary N) is 2. The molecule has 0 unspecified atom stereocenters. The molecule has 2 aromatic carbocycles. The molecule has 2 N–H and O–H groups in total. The lowest BCUT2D eigenvalue weighted by atomic mass is 10.1. The zero-order valence-electron chi connectivity index (χ0n) is 12.4. The highest BCUT2D eigenvalue weighted by molar-refractivity contribution is 9.10. The first-order chi connectivity index (χ1) is 10.5. The molecular formula is C17H17BrN2O2. The summed E-state index contributed by atoms with van der Waals surface area (Å²) in [5, 5.41) is 5.61. The van der Waals surface area contributed by atoms with Crippen LogP contribution in [0.1, 0.15) is 34.6 Å². The van der Waals surface area contributed by atoms with Crippen LogP contribution in [-0.2, 0) is 0 Å². The molecule has 0 aromatic heterocycles. The van der Waals surface area contributed by atoms with Crippen LogP contribution >= 0.6 is 15.9 Å². The molecule has 2 aromatic rings. The number of anilines is 1. The maximum Gasteiger partial charge on any atom is 0.255 e. The first-order valence-electron chi connectivity index (χ1n) is 6.93. The molecule has 0 aliphatic rings. The van der Waals surface area contributed by atoms with E-state index in [1.54, 1.807) is 48.5 Å². The van der Waals surface area contributed by atoms with Gasteiger partial charge in [0.15, 0.2) is 0 Å². The second kappa shape index (κ2) is 7.22. The SMILES string of the molecule is CC(C)NC(=O)c1cccc(NC(=O)c2ccc(Br)cc2)c1. The number of hydrogen-bond acceptors (Lipinski definition) is 2. The van der Waals surface area contributed by atoms with E-state index in [0.717, 1.165) is 4.47 Å². The molecule has 22 heavy (non-hydrogen) atoms. The third-order valence-corrected chi connectivity index (χ3v) is 3.44. The van der Waals surface area contributed by atoms with Gasteiger partial charge in [-0.3, -0.25) is 9.59 Å². The van der Waals surface area contributed by atoms with E-state index in [-0.39, 0.29) is 17.9 Å². The van der Waals surface area contributed by atoms with Crippen molar-refractivity contribution in [1.29, 1.82) is 0 Å². The second-order valence-corrected chi connectivity index (χ2v) is 6.09. The topological polar surface area (TPSA) is 58.2 Å². The second-order valence-electron chi connectivity index (χ2n) is 5.17. The van der Waals surface area contributed by atoms with Crippen molar-refractivity contribution < 1.29 is 9.59 Å². The molecule has 0 aliphatic heterocycles. The van der Waals surface area contributed by atoms with Gasteiger partial charge in [-0.1, -0.05) is 22.0 Å². The van der Waals surface area contributed by atoms with Crippen LogP contribution in [0, 0.1) is 0 Å². The highest BCUT2D eigenvalue weighted by atomic mass is 79.9. The number of rotatable bonds is 4. The molecule has 0 aliphatic carbocycles. The smallest absolute Gasteiger partial charge is 0.255 e. The van der Waals surface area contributed by atoms with Gasteiger partial charge in [-0.2, -0.15) is 0 Å². The number of carbonyl (C=O) groups is 2. The molecule has 2 amide bonds. The van der Waals surface area contributed by atoms with Gasteiger partial charge in [-0.25, -0.2) is 0 Å². The van der Waals surface area contributed by atoms with Crippen molar-refractivity contribution >= 4 is 33.4 Å². The van der Waals surface area contributed by atoms with Gasteiger partial charge in [0.2, 0.25) is 0 Å². The van der Waals surface area contributed by atoms with E-state index in [1.807, 2.05) is 13.8 Å². The summed E-state index contributed by atoms with van der Waals surface area (Å²) in [6.07, 6.45) is 0. The van der Waals surface area contributed by atoms with Gasteiger partial charge in [-0.15, -0.1) is 0 Å². The van der Waals surface area contributed by atoms with Crippen molar-refractivity contribution in [2.75, 3.05) is 5.32 Å². The Bertz CT molecular complexity index is 681. The summed E-state index contributed by atoms with van der Waals surface area (Å²) in [6.45, 7) is 3.80. The van der Waals surface area contributed by atoms with Crippen LogP contribution in [0.2, 0.25) is 0 Å². The molecule has 114 valence electrons. The van der Waals surface area contributed by atoms with E-state index < -0.39 is 0 Å². The third kappa shape index (κ3) is 4.43. The van der Waals surface area contributed by atoms with Crippen molar-refractivity contribution in [3.8, 4) is 0 Å². The lowest BCUT2D eigenvalue weighted by Crippen LogP contribution is -2.30. The number of amides is 2. The molecule has 0 saturated carbocycles. The van der Waals surface area contributed by atoms with E-state index >= 15 is 0 Å². The molecule has 0 radical (unpaired) electrons. The van der Waals surface area contributed by atoms with Gasteiger partial charge >= 0.3 is 0 Å². The van der Waals surface area contributed by atoms with Gasteiger partial charge in [0, 0.05) is 27.3 Å². The number of halogens is 1. The predicted octanol–water partition coefficient (Wildman–Crippen LogP) is 3.84. The maximum absolute atomic E-state index is 12.2. The molecule has 0 spiro atoms. The highest BCUT2D eigenvalue weighted by Crippen LogP contribution is 2.14. The van der Waals surface area contributed by atoms with Crippen molar-refractivity contribution in [1.82, 2.24) is 5.32 Å². The largest absolute Gasteiger partial charge is 0.350 e. The fraction of sp³-hybridized carbons (Fsp3) is 0.176. The van der Waals surface area contributed by atoms with Crippen molar-refractivity contribution in [3.63, 3.8) is 0 Å². The Labute approximate surface area is 138 Å². The average molecular weight is 361 g/mol. The van der Waals surface area contributed by atoms with Crippen molar-refractivity contribution in [2.24, 2.45) is 0 Å². The van der Waals surface area contributed by atoms with Crippen molar-refractivity contribution in [2.45, 2.75) is 19.9 Å². The molecule has 0 saturated heterocycles. The first kappa shape index (κ1) is 16.2. The van der Waals surface area contributed by atoms with Gasteiger partial charge in [0.05, 0.1) is 0 Å². The molecule has 5 heteroatoms. The maximum atomic E-state index is 12.2. The Morgan fingerprint density at radius 2 is 1.64 bits per heavy atom. The van der Waals surface area contributed by atoms with E-state index in [4.69, 9.17) is 0 Å². The molecule has 2 rings (SSSR count). The summed E-state index contributed by atoms with van der Waals surface area (Å²) in [5.74, 6) is -0.372. The number of hydrogen-bond donors (Lipinski definition) is 2. The van der Waals surface area contributed by atoms with E-state index in [2.05, 4.69) is 26.6 Å². The van der Waals surface area contributed by atoms with Gasteiger partial charge in [0.1, 0.15) is 0 Å². The third-order valence-electron chi connectivity index (χ3n) is 2.91. The quantitative estimate of drug-likeness (QED) is 0.869. The Morgan fingerprint density at radius 1 is 0.955 bits per heavy atom. The lowest BCUT2D eigenvalue weighted by Gasteiger charge is -2.10. The molecular weight excluding hydrogens is 344 g/mol. The van der Waals surface area contributed by atoms with Crippen molar-refractivity contribution in [3.05, 3.63) is 64.1 Å². The number of carbonyl (C=O) groups excluding carboxylic acids is 2. The van der Waals surface area contributed by atoms with E-state index in [1.165, 1.54) is 0 Å². The zero-order valence-corrected chi connectivity index (χ0v) is 14.0. The normalized spacial score (nSPS) is 10.4. The minimum atomic E-state index is -0.214. The Morgan fingerprint density at radius 3 is 2.27 bits per heavy atom. The minimum Gasteiger partial charge on any atom is -0.350 e. The average Bonchev–Trinajstić information content (AvgIpc) is 2.47. The van der Waals surface area contributed by atoms with Gasteiger partial charge < -0.3 is 10.6 Å². The predicted molar refractivity (Wildman–Crippen MR) is 91.1 cm³/mol. The number of benzene rings is 2. The standard InChI is InChI=1S/C17H17BrN2O2/c1-11(2)19-17(22)13-4-3-5-15(10-13)20-16(21)12-6-8-14(18)9-7-12/h3-11H,1-2H3,(H,19,22)(H,20,21). The van der Waals surface area contributed by atoms with Crippen LogP contribution in [0.3, 0.4) is 0 Å². The van der Waals surface area contributed by atoms with Gasteiger partial charge in [0.25, 0.3) is 11.8 Å². The lowest BCUT2D eigenvalue weighted by molar-refractivity contribution is 0.0942. The molecule has 0 fully saturated rings. The fourth-order valence-corrected chi connectivity index (χ4v) is 2.15. The molecule has 4 nitrogen and oxygen atoms in total.